The van der Waals surface area contributed by atoms with Gasteiger partial charge in [-0.15, -0.1) is 0 Å². The molecule has 4 amide bonds. The predicted octanol–water partition coefficient (Wildman–Crippen LogP) is 1.00. The molecule has 0 bridgehead atoms. The second-order valence-electron chi connectivity index (χ2n) is 8.24. The van der Waals surface area contributed by atoms with Crippen LogP contribution < -0.4 is 5.32 Å². The summed E-state index contributed by atoms with van der Waals surface area (Å²) < 4.78 is 27.5. The Balaban J connectivity index is 1.41. The summed E-state index contributed by atoms with van der Waals surface area (Å²) >= 11 is 0. The largest absolute Gasteiger partial charge is 0.338 e. The van der Waals surface area contributed by atoms with E-state index >= 15 is 0 Å². The fourth-order valence-corrected chi connectivity index (χ4v) is 5.31. The second kappa shape index (κ2) is 7.61. The Morgan fingerprint density at radius 1 is 1.00 bits per heavy atom. The van der Waals surface area contributed by atoms with Crippen LogP contribution in [-0.4, -0.2) is 78.6 Å². The molecule has 4 rings (SSSR count). The van der Waals surface area contributed by atoms with Crippen LogP contribution in [0.3, 0.4) is 0 Å². The van der Waals surface area contributed by atoms with Crippen LogP contribution in [0.25, 0.3) is 10.8 Å². The molecule has 31 heavy (non-hydrogen) atoms. The molecule has 0 radical (unpaired) electrons. The number of amides is 4. The average molecular weight is 445 g/mol. The number of piperazine rings is 1. The maximum absolute atomic E-state index is 13.1. The molecule has 0 spiro atoms. The molecule has 164 valence electrons. The van der Waals surface area contributed by atoms with Crippen molar-refractivity contribution in [3.63, 3.8) is 0 Å². The number of benzene rings is 2. The maximum Gasteiger partial charge on any atom is 0.325 e. The Morgan fingerprint density at radius 2 is 1.65 bits per heavy atom. The third kappa shape index (κ3) is 3.88. The average Bonchev–Trinajstić information content (AvgIpc) is 2.94. The van der Waals surface area contributed by atoms with Gasteiger partial charge in [0.05, 0.1) is 4.90 Å². The third-order valence-corrected chi connectivity index (χ3v) is 7.58. The number of urea groups is 1. The number of carbonyl (C=O) groups excluding carboxylic acids is 3. The second-order valence-corrected chi connectivity index (χ2v) is 10.2. The first-order valence-electron chi connectivity index (χ1n) is 10.0. The smallest absolute Gasteiger partial charge is 0.325 e. The van der Waals surface area contributed by atoms with E-state index in [0.717, 1.165) is 15.7 Å². The van der Waals surface area contributed by atoms with Crippen molar-refractivity contribution in [3.05, 3.63) is 42.5 Å². The highest BCUT2D eigenvalue weighted by molar-refractivity contribution is 7.89. The SMILES string of the molecule is CC1(C)NC(=O)N(CC(=O)N2CCN(S(=O)(=O)c3ccc4ccccc4c3)CC2)C1=O. The monoisotopic (exact) mass is 444 g/mol. The molecular weight excluding hydrogens is 420 g/mol. The minimum atomic E-state index is -3.69. The van der Waals surface area contributed by atoms with Crippen LogP contribution >= 0.6 is 0 Å². The molecule has 2 aromatic carbocycles. The van der Waals surface area contributed by atoms with Gasteiger partial charge >= 0.3 is 6.03 Å². The number of rotatable bonds is 4. The van der Waals surface area contributed by atoms with E-state index in [4.69, 9.17) is 0 Å². The fourth-order valence-electron chi connectivity index (χ4n) is 3.85. The Bertz CT molecular complexity index is 1170. The van der Waals surface area contributed by atoms with Gasteiger partial charge in [0.25, 0.3) is 5.91 Å². The topological polar surface area (TPSA) is 107 Å². The lowest BCUT2D eigenvalue weighted by Gasteiger charge is -2.34. The molecule has 2 aliphatic rings. The van der Waals surface area contributed by atoms with Crippen molar-refractivity contribution < 1.29 is 22.8 Å². The van der Waals surface area contributed by atoms with E-state index in [1.54, 1.807) is 32.0 Å². The standard InChI is InChI=1S/C21H24N4O5S/c1-21(2)19(27)25(20(28)22-21)14-18(26)23-9-11-24(12-10-23)31(29,30)17-8-7-15-5-3-4-6-16(15)13-17/h3-8,13H,9-12,14H2,1-2H3,(H,22,28). The molecule has 0 saturated carbocycles. The van der Waals surface area contributed by atoms with Gasteiger partial charge in [-0.25, -0.2) is 13.2 Å². The number of hydrogen-bond donors (Lipinski definition) is 1. The van der Waals surface area contributed by atoms with Crippen LogP contribution in [-0.2, 0) is 19.6 Å². The number of sulfonamides is 1. The van der Waals surface area contributed by atoms with Gasteiger partial charge in [0.15, 0.2) is 0 Å². The first kappa shape index (κ1) is 21.3. The van der Waals surface area contributed by atoms with Gasteiger partial charge in [0.1, 0.15) is 12.1 Å². The van der Waals surface area contributed by atoms with Gasteiger partial charge in [-0.1, -0.05) is 30.3 Å². The summed E-state index contributed by atoms with van der Waals surface area (Å²) in [6, 6.07) is 12.0. The van der Waals surface area contributed by atoms with Crippen molar-refractivity contribution in [2.45, 2.75) is 24.3 Å². The quantitative estimate of drug-likeness (QED) is 0.708. The summed E-state index contributed by atoms with van der Waals surface area (Å²) in [7, 11) is -3.69. The van der Waals surface area contributed by atoms with Crippen LogP contribution in [0.15, 0.2) is 47.4 Å². The van der Waals surface area contributed by atoms with Crippen molar-refractivity contribution in [1.82, 2.24) is 19.4 Å². The summed E-state index contributed by atoms with van der Waals surface area (Å²) in [6.45, 7) is 3.48. The van der Waals surface area contributed by atoms with Crippen LogP contribution in [0.2, 0.25) is 0 Å². The molecule has 0 aliphatic carbocycles. The fraction of sp³-hybridized carbons (Fsp3) is 0.381. The Hall–Kier alpha value is -2.98. The van der Waals surface area contributed by atoms with Crippen LogP contribution in [0.4, 0.5) is 4.79 Å². The van der Waals surface area contributed by atoms with Crippen LogP contribution in [0.5, 0.6) is 0 Å². The summed E-state index contributed by atoms with van der Waals surface area (Å²) in [4.78, 5) is 39.5. The van der Waals surface area contributed by atoms with Crippen LogP contribution in [0.1, 0.15) is 13.8 Å². The zero-order chi connectivity index (χ0) is 22.4. The predicted molar refractivity (Wildman–Crippen MR) is 114 cm³/mol. The highest BCUT2D eigenvalue weighted by Gasteiger charge is 2.45. The molecule has 9 nitrogen and oxygen atoms in total. The molecule has 2 saturated heterocycles. The highest BCUT2D eigenvalue weighted by Crippen LogP contribution is 2.23. The molecule has 2 aliphatic heterocycles. The number of imide groups is 1. The van der Waals surface area contributed by atoms with Gasteiger partial charge < -0.3 is 10.2 Å². The minimum Gasteiger partial charge on any atom is -0.338 e. The van der Waals surface area contributed by atoms with Gasteiger partial charge in [-0.05, 0) is 36.8 Å². The molecule has 1 N–H and O–H groups in total. The first-order valence-corrected chi connectivity index (χ1v) is 11.4. The number of hydrogen-bond acceptors (Lipinski definition) is 5. The van der Waals surface area contributed by atoms with Gasteiger partial charge in [-0.3, -0.25) is 14.5 Å². The molecule has 0 unspecified atom stereocenters. The lowest BCUT2D eigenvalue weighted by atomic mass is 10.1. The van der Waals surface area contributed by atoms with E-state index in [2.05, 4.69) is 5.32 Å². The van der Waals surface area contributed by atoms with E-state index < -0.39 is 27.5 Å². The Labute approximate surface area is 180 Å². The summed E-state index contributed by atoms with van der Waals surface area (Å²) in [5.74, 6) is -0.840. The summed E-state index contributed by atoms with van der Waals surface area (Å²) in [5, 5.41) is 4.34. The molecule has 0 aromatic heterocycles. The summed E-state index contributed by atoms with van der Waals surface area (Å²) in [5.41, 5.74) is -1.04. The van der Waals surface area contributed by atoms with Crippen molar-refractivity contribution in [2.75, 3.05) is 32.7 Å². The van der Waals surface area contributed by atoms with Gasteiger partial charge in [-0.2, -0.15) is 4.31 Å². The molecule has 2 fully saturated rings. The molecule has 2 aromatic rings. The third-order valence-electron chi connectivity index (χ3n) is 5.69. The van der Waals surface area contributed by atoms with Crippen molar-refractivity contribution in [1.29, 1.82) is 0 Å². The number of carbonyl (C=O) groups is 3. The molecule has 0 atom stereocenters. The molecule has 10 heteroatoms. The molecule has 2 heterocycles. The number of nitrogens with zero attached hydrogens (tertiary/aromatic N) is 3. The lowest BCUT2D eigenvalue weighted by Crippen LogP contribution is -2.53. The van der Waals surface area contributed by atoms with E-state index in [1.807, 2.05) is 24.3 Å². The van der Waals surface area contributed by atoms with Crippen molar-refractivity contribution >= 4 is 38.6 Å². The van der Waals surface area contributed by atoms with E-state index in [-0.39, 0.29) is 43.5 Å². The van der Waals surface area contributed by atoms with Crippen LogP contribution in [0, 0.1) is 0 Å². The van der Waals surface area contributed by atoms with Gasteiger partial charge in [0.2, 0.25) is 15.9 Å². The number of nitrogens with one attached hydrogen (secondary N) is 1. The zero-order valence-electron chi connectivity index (χ0n) is 17.4. The van der Waals surface area contributed by atoms with E-state index in [1.165, 1.54) is 9.21 Å². The normalized spacial score (nSPS) is 19.7. The first-order chi connectivity index (χ1) is 14.6. The highest BCUT2D eigenvalue weighted by atomic mass is 32.2. The summed E-state index contributed by atoms with van der Waals surface area (Å²) in [6.07, 6.45) is 0. The Morgan fingerprint density at radius 3 is 2.26 bits per heavy atom. The molecular formula is C21H24N4O5S. The minimum absolute atomic E-state index is 0.145. The zero-order valence-corrected chi connectivity index (χ0v) is 18.2. The van der Waals surface area contributed by atoms with Crippen molar-refractivity contribution in [3.8, 4) is 0 Å². The lowest BCUT2D eigenvalue weighted by molar-refractivity contribution is -0.139. The van der Waals surface area contributed by atoms with E-state index in [0.29, 0.717) is 0 Å². The Kier molecular flexibility index (Phi) is 5.22. The maximum atomic E-state index is 13.1. The van der Waals surface area contributed by atoms with Gasteiger partial charge in [0, 0.05) is 26.2 Å². The van der Waals surface area contributed by atoms with Crippen molar-refractivity contribution in [2.24, 2.45) is 0 Å². The van der Waals surface area contributed by atoms with E-state index in [9.17, 15) is 22.8 Å². The number of fused-ring (bicyclic) bond motifs is 1.